The lowest BCUT2D eigenvalue weighted by Crippen LogP contribution is -2.21. The summed E-state index contributed by atoms with van der Waals surface area (Å²) in [7, 11) is 1.57. The molecule has 0 aliphatic carbocycles. The molecule has 1 unspecified atom stereocenters. The van der Waals surface area contributed by atoms with Crippen LogP contribution < -0.4 is 10.1 Å². The molecule has 0 spiro atoms. The van der Waals surface area contributed by atoms with Crippen LogP contribution in [0.25, 0.3) is 0 Å². The zero-order valence-corrected chi connectivity index (χ0v) is 14.2. The number of ether oxygens (including phenoxy) is 1. The smallest absolute Gasteiger partial charge is 0.233 e. The van der Waals surface area contributed by atoms with Crippen molar-refractivity contribution >= 4 is 38.3 Å². The number of methoxy groups -OCH3 is 1. The molecule has 0 radical (unpaired) electrons. The van der Waals surface area contributed by atoms with Gasteiger partial charge in [0.15, 0.2) is 5.13 Å². The molecule has 112 valence electrons. The third kappa shape index (κ3) is 4.25. The Kier molecular flexibility index (Phi) is 5.69. The van der Waals surface area contributed by atoms with Crippen LogP contribution in [-0.2, 0) is 4.79 Å². The Hall–Kier alpha value is -1.47. The van der Waals surface area contributed by atoms with E-state index in [0.29, 0.717) is 11.0 Å². The zero-order chi connectivity index (χ0) is 15.2. The quantitative estimate of drug-likeness (QED) is 0.839. The summed E-state index contributed by atoms with van der Waals surface area (Å²) in [6, 6.07) is 3.65. The van der Waals surface area contributed by atoms with Gasteiger partial charge in [0.1, 0.15) is 0 Å². The van der Waals surface area contributed by atoms with E-state index < -0.39 is 0 Å². The van der Waals surface area contributed by atoms with E-state index in [1.165, 1.54) is 11.3 Å². The van der Waals surface area contributed by atoms with Crippen molar-refractivity contribution in [3.8, 4) is 5.88 Å². The van der Waals surface area contributed by atoms with Gasteiger partial charge in [-0.3, -0.25) is 4.79 Å². The second kappa shape index (κ2) is 7.51. The first kappa shape index (κ1) is 15.9. The summed E-state index contributed by atoms with van der Waals surface area (Å²) in [5.41, 5.74) is 0.880. The molecule has 5 nitrogen and oxygen atoms in total. The average Bonchev–Trinajstić information content (AvgIpc) is 2.90. The number of halogens is 1. The van der Waals surface area contributed by atoms with Crippen LogP contribution in [0.2, 0.25) is 0 Å². The molecule has 0 fully saturated rings. The zero-order valence-electron chi connectivity index (χ0n) is 11.8. The highest BCUT2D eigenvalue weighted by Crippen LogP contribution is 2.27. The second-order valence-corrected chi connectivity index (χ2v) is 6.84. The number of carbonyl (C=O) groups is 1. The molecule has 2 aromatic rings. The standard InChI is InChI=1S/C14H16BrN3O2S/c1-3-4-10(9-5-6-12(20-2)16-7-9)13(19)18-14-17-8-11(15)21-14/h5-8,10H,3-4H2,1-2H3,(H,17,18,19). The van der Waals surface area contributed by atoms with E-state index in [0.717, 1.165) is 22.2 Å². The normalized spacial score (nSPS) is 12.0. The fourth-order valence-corrected chi connectivity index (χ4v) is 3.07. The minimum atomic E-state index is -0.240. The van der Waals surface area contributed by atoms with Crippen LogP contribution in [0.4, 0.5) is 5.13 Å². The third-order valence-corrected chi connectivity index (χ3v) is 4.36. The number of hydrogen-bond acceptors (Lipinski definition) is 5. The fourth-order valence-electron chi connectivity index (χ4n) is 1.96. The van der Waals surface area contributed by atoms with E-state index in [-0.39, 0.29) is 11.8 Å². The molecule has 21 heavy (non-hydrogen) atoms. The molecule has 0 saturated heterocycles. The van der Waals surface area contributed by atoms with Gasteiger partial charge in [-0.05, 0) is 27.9 Å². The van der Waals surface area contributed by atoms with Crippen molar-refractivity contribution in [2.45, 2.75) is 25.7 Å². The molecule has 0 aliphatic rings. The van der Waals surface area contributed by atoms with Gasteiger partial charge in [-0.25, -0.2) is 9.97 Å². The number of thiazole rings is 1. The summed E-state index contributed by atoms with van der Waals surface area (Å²) in [4.78, 5) is 20.7. The maximum Gasteiger partial charge on any atom is 0.233 e. The first-order valence-corrected chi connectivity index (χ1v) is 8.17. The summed E-state index contributed by atoms with van der Waals surface area (Å²) in [5, 5.41) is 3.45. The highest BCUT2D eigenvalue weighted by Gasteiger charge is 2.21. The topological polar surface area (TPSA) is 64.1 Å². The first-order valence-electron chi connectivity index (χ1n) is 6.56. The van der Waals surface area contributed by atoms with Gasteiger partial charge in [-0.1, -0.05) is 30.7 Å². The first-order chi connectivity index (χ1) is 10.1. The molecule has 7 heteroatoms. The van der Waals surface area contributed by atoms with Crippen molar-refractivity contribution in [3.05, 3.63) is 33.9 Å². The van der Waals surface area contributed by atoms with Crippen LogP contribution in [0.3, 0.4) is 0 Å². The van der Waals surface area contributed by atoms with E-state index >= 15 is 0 Å². The van der Waals surface area contributed by atoms with Gasteiger partial charge in [0.25, 0.3) is 0 Å². The lowest BCUT2D eigenvalue weighted by Gasteiger charge is -2.15. The maximum absolute atomic E-state index is 12.4. The number of pyridine rings is 1. The van der Waals surface area contributed by atoms with Gasteiger partial charge < -0.3 is 10.1 Å². The highest BCUT2D eigenvalue weighted by atomic mass is 79.9. The number of rotatable bonds is 6. The molecule has 1 amide bonds. The minimum absolute atomic E-state index is 0.0642. The predicted molar refractivity (Wildman–Crippen MR) is 86.9 cm³/mol. The van der Waals surface area contributed by atoms with E-state index in [1.807, 2.05) is 6.07 Å². The van der Waals surface area contributed by atoms with Crippen LogP contribution >= 0.6 is 27.3 Å². The lowest BCUT2D eigenvalue weighted by atomic mass is 9.95. The van der Waals surface area contributed by atoms with Crippen LogP contribution in [0.1, 0.15) is 31.2 Å². The van der Waals surface area contributed by atoms with E-state index in [9.17, 15) is 4.79 Å². The van der Waals surface area contributed by atoms with Crippen molar-refractivity contribution in [1.29, 1.82) is 0 Å². The van der Waals surface area contributed by atoms with Crippen molar-refractivity contribution in [3.63, 3.8) is 0 Å². The molecule has 2 heterocycles. The number of nitrogens with one attached hydrogen (secondary N) is 1. The number of hydrogen-bond donors (Lipinski definition) is 1. The van der Waals surface area contributed by atoms with Crippen molar-refractivity contribution < 1.29 is 9.53 Å². The molecule has 0 bridgehead atoms. The Morgan fingerprint density at radius 2 is 2.24 bits per heavy atom. The predicted octanol–water partition coefficient (Wildman–Crippen LogP) is 3.83. The monoisotopic (exact) mass is 369 g/mol. The average molecular weight is 370 g/mol. The summed E-state index contributed by atoms with van der Waals surface area (Å²) in [6.07, 6.45) is 5.03. The Bertz CT molecular complexity index is 601. The number of amides is 1. The van der Waals surface area contributed by atoms with Crippen molar-refractivity contribution in [1.82, 2.24) is 9.97 Å². The molecular formula is C14H16BrN3O2S. The molecule has 0 saturated carbocycles. The third-order valence-electron chi connectivity index (χ3n) is 2.97. The Labute approximate surface area is 135 Å². The van der Waals surface area contributed by atoms with Crippen LogP contribution in [0.5, 0.6) is 5.88 Å². The molecule has 1 atom stereocenters. The van der Waals surface area contributed by atoms with Crippen LogP contribution in [0.15, 0.2) is 28.3 Å². The number of aromatic nitrogens is 2. The van der Waals surface area contributed by atoms with E-state index in [2.05, 4.69) is 38.1 Å². The summed E-state index contributed by atoms with van der Waals surface area (Å²) in [5.74, 6) is 0.236. The second-order valence-electron chi connectivity index (χ2n) is 4.43. The molecule has 2 rings (SSSR count). The summed E-state index contributed by atoms with van der Waals surface area (Å²) < 4.78 is 5.93. The summed E-state index contributed by atoms with van der Waals surface area (Å²) in [6.45, 7) is 2.05. The van der Waals surface area contributed by atoms with Gasteiger partial charge in [0, 0.05) is 12.3 Å². The number of nitrogens with zero attached hydrogens (tertiary/aromatic N) is 2. The number of carbonyl (C=O) groups excluding carboxylic acids is 1. The lowest BCUT2D eigenvalue weighted by molar-refractivity contribution is -0.117. The van der Waals surface area contributed by atoms with Crippen molar-refractivity contribution in [2.75, 3.05) is 12.4 Å². The SMILES string of the molecule is CCCC(C(=O)Nc1ncc(Br)s1)c1ccc(OC)nc1. The molecule has 2 aromatic heterocycles. The van der Waals surface area contributed by atoms with Gasteiger partial charge in [-0.2, -0.15) is 0 Å². The highest BCUT2D eigenvalue weighted by molar-refractivity contribution is 9.11. The molecule has 1 N–H and O–H groups in total. The Balaban J connectivity index is 2.14. The van der Waals surface area contributed by atoms with Gasteiger partial charge in [-0.15, -0.1) is 0 Å². The van der Waals surface area contributed by atoms with Gasteiger partial charge in [0.2, 0.25) is 11.8 Å². The van der Waals surface area contributed by atoms with E-state index in [4.69, 9.17) is 4.74 Å². The molecule has 0 aromatic carbocycles. The fraction of sp³-hybridized carbons (Fsp3) is 0.357. The summed E-state index contributed by atoms with van der Waals surface area (Å²) >= 11 is 4.72. The largest absolute Gasteiger partial charge is 0.481 e. The van der Waals surface area contributed by atoms with Crippen LogP contribution in [0, 0.1) is 0 Å². The Morgan fingerprint density at radius 1 is 1.43 bits per heavy atom. The molecule has 0 aliphatic heterocycles. The van der Waals surface area contributed by atoms with Gasteiger partial charge >= 0.3 is 0 Å². The van der Waals surface area contributed by atoms with Gasteiger partial charge in [0.05, 0.1) is 23.0 Å². The minimum Gasteiger partial charge on any atom is -0.481 e. The van der Waals surface area contributed by atoms with Crippen LogP contribution in [-0.4, -0.2) is 23.0 Å². The molecular weight excluding hydrogens is 354 g/mol. The number of anilines is 1. The Morgan fingerprint density at radius 3 is 2.76 bits per heavy atom. The maximum atomic E-state index is 12.4. The van der Waals surface area contributed by atoms with Crippen molar-refractivity contribution in [2.24, 2.45) is 0 Å². The van der Waals surface area contributed by atoms with E-state index in [1.54, 1.807) is 25.6 Å².